The number of aromatic carboxylic acids is 1. The number of aliphatic carboxylic acids is 1. The Bertz CT molecular complexity index is 1350. The van der Waals surface area contributed by atoms with E-state index in [9.17, 15) is 19.5 Å². The molecule has 39 heavy (non-hydrogen) atoms. The lowest BCUT2D eigenvalue weighted by Crippen LogP contribution is -2.42. The molecular formula is C27H27ClN2O8S. The summed E-state index contributed by atoms with van der Waals surface area (Å²) in [5, 5.41) is 21.3. The van der Waals surface area contributed by atoms with Crippen LogP contribution in [0.3, 0.4) is 0 Å². The number of halogens is 1. The average molecular weight is 575 g/mol. The van der Waals surface area contributed by atoms with Gasteiger partial charge in [0.1, 0.15) is 16.5 Å². The van der Waals surface area contributed by atoms with E-state index in [1.807, 2.05) is 12.1 Å². The number of carboxylic acids is 2. The largest absolute Gasteiger partial charge is 0.495 e. The van der Waals surface area contributed by atoms with Gasteiger partial charge in [-0.15, -0.1) is 11.3 Å². The number of methoxy groups -OCH3 is 1. The molecule has 206 valence electrons. The molecule has 0 aliphatic carbocycles. The van der Waals surface area contributed by atoms with Gasteiger partial charge in [-0.25, -0.2) is 14.4 Å². The van der Waals surface area contributed by atoms with Crippen LogP contribution in [0.15, 0.2) is 48.5 Å². The Morgan fingerprint density at radius 2 is 1.82 bits per heavy atom. The summed E-state index contributed by atoms with van der Waals surface area (Å²) in [5.41, 5.74) is 1.25. The summed E-state index contributed by atoms with van der Waals surface area (Å²) < 4.78 is 16.5. The topological polar surface area (TPSA) is 135 Å². The second-order valence-electron chi connectivity index (χ2n) is 8.79. The number of hydrogen-bond acceptors (Lipinski definition) is 7. The summed E-state index contributed by atoms with van der Waals surface area (Å²) in [5.74, 6) is -1.23. The van der Waals surface area contributed by atoms with Crippen LogP contribution in [-0.2, 0) is 4.79 Å². The first kappa shape index (κ1) is 28.1. The average Bonchev–Trinajstić information content (AvgIpc) is 3.27. The molecule has 0 radical (unpaired) electrons. The normalized spacial score (nSPS) is 13.5. The number of para-hydroxylation sites is 2. The van der Waals surface area contributed by atoms with Crippen molar-refractivity contribution < 1.29 is 38.8 Å². The van der Waals surface area contributed by atoms with Gasteiger partial charge in [0.15, 0.2) is 17.2 Å². The maximum atomic E-state index is 12.7. The van der Waals surface area contributed by atoms with Crippen molar-refractivity contribution in [2.45, 2.75) is 12.8 Å². The summed E-state index contributed by atoms with van der Waals surface area (Å²) in [4.78, 5) is 37.3. The van der Waals surface area contributed by atoms with Gasteiger partial charge in [0.25, 0.3) is 0 Å². The second-order valence-corrected chi connectivity index (χ2v) is 10.2. The minimum Gasteiger partial charge on any atom is -0.495 e. The molecule has 1 aliphatic rings. The van der Waals surface area contributed by atoms with Crippen molar-refractivity contribution in [1.29, 1.82) is 0 Å². The zero-order valence-electron chi connectivity index (χ0n) is 21.0. The molecule has 1 fully saturated rings. The standard InChI is InChI=1S/C27H27ClN2O8S/c1-36-20-8-3-2-7-19(20)29-27(35)30-11-9-16(10-12-30)14-37-18-6-4-5-17(13-18)24-22(28)23(38-15-21(31)32)25(39-24)26(33)34/h2-8,13,16H,9-12,14-15H2,1H3,(H,29,35)(H,31,32)(H,33,34). The lowest BCUT2D eigenvalue weighted by Gasteiger charge is -2.32. The maximum Gasteiger partial charge on any atom is 0.349 e. The molecule has 0 saturated carbocycles. The molecule has 3 aromatic rings. The highest BCUT2D eigenvalue weighted by atomic mass is 35.5. The van der Waals surface area contributed by atoms with Gasteiger partial charge in [-0.05, 0) is 48.6 Å². The summed E-state index contributed by atoms with van der Waals surface area (Å²) in [6, 6.07) is 14.2. The number of urea groups is 1. The first-order valence-corrected chi connectivity index (χ1v) is 13.3. The number of thiophene rings is 1. The lowest BCUT2D eigenvalue weighted by molar-refractivity contribution is -0.139. The third-order valence-electron chi connectivity index (χ3n) is 6.18. The number of hydrogen-bond donors (Lipinski definition) is 3. The number of nitrogens with zero attached hydrogens (tertiary/aromatic N) is 1. The Kier molecular flexibility index (Phi) is 9.15. The van der Waals surface area contributed by atoms with Gasteiger partial charge in [0.05, 0.1) is 24.3 Å². The number of piperidine rings is 1. The molecule has 3 N–H and O–H groups in total. The summed E-state index contributed by atoms with van der Waals surface area (Å²) in [6.45, 7) is 0.936. The molecule has 0 bridgehead atoms. The molecule has 0 spiro atoms. The number of rotatable bonds is 10. The molecule has 10 nitrogen and oxygen atoms in total. The fraction of sp³-hybridized carbons (Fsp3) is 0.296. The van der Waals surface area contributed by atoms with E-state index in [0.717, 1.165) is 24.2 Å². The van der Waals surface area contributed by atoms with Crippen molar-refractivity contribution in [1.82, 2.24) is 4.90 Å². The number of nitrogens with one attached hydrogen (secondary N) is 1. The van der Waals surface area contributed by atoms with Gasteiger partial charge < -0.3 is 34.6 Å². The van der Waals surface area contributed by atoms with Gasteiger partial charge in [0.2, 0.25) is 0 Å². The van der Waals surface area contributed by atoms with Crippen molar-refractivity contribution in [3.63, 3.8) is 0 Å². The van der Waals surface area contributed by atoms with Crippen molar-refractivity contribution in [2.24, 2.45) is 5.92 Å². The highest BCUT2D eigenvalue weighted by molar-refractivity contribution is 7.18. The molecule has 2 heterocycles. The summed E-state index contributed by atoms with van der Waals surface area (Å²) in [6.07, 6.45) is 1.56. The Hall–Kier alpha value is -3.96. The molecule has 4 rings (SSSR count). The van der Waals surface area contributed by atoms with Crippen LogP contribution in [0.5, 0.6) is 17.2 Å². The van der Waals surface area contributed by atoms with E-state index in [2.05, 4.69) is 5.32 Å². The monoisotopic (exact) mass is 574 g/mol. The van der Waals surface area contributed by atoms with E-state index in [0.29, 0.717) is 47.3 Å². The molecule has 12 heteroatoms. The van der Waals surface area contributed by atoms with Crippen LogP contribution >= 0.6 is 22.9 Å². The Balaban J connectivity index is 1.34. The van der Waals surface area contributed by atoms with E-state index in [-0.39, 0.29) is 27.6 Å². The van der Waals surface area contributed by atoms with E-state index in [1.54, 1.807) is 48.4 Å². The van der Waals surface area contributed by atoms with Gasteiger partial charge in [-0.1, -0.05) is 35.9 Å². The molecular weight excluding hydrogens is 548 g/mol. The van der Waals surface area contributed by atoms with E-state index >= 15 is 0 Å². The first-order chi connectivity index (χ1) is 18.8. The number of ether oxygens (including phenoxy) is 3. The second kappa shape index (κ2) is 12.7. The fourth-order valence-corrected chi connectivity index (χ4v) is 5.57. The molecule has 2 amide bonds. The van der Waals surface area contributed by atoms with Crippen LogP contribution in [0.1, 0.15) is 22.5 Å². The predicted octanol–water partition coefficient (Wildman–Crippen LogP) is 5.56. The van der Waals surface area contributed by atoms with Crippen molar-refractivity contribution in [2.75, 3.05) is 38.7 Å². The number of likely N-dealkylation sites (tertiary alicyclic amines) is 1. The minimum absolute atomic E-state index is 0.0366. The van der Waals surface area contributed by atoms with E-state index in [4.69, 9.17) is 30.9 Å². The number of anilines is 1. The molecule has 1 saturated heterocycles. The van der Waals surface area contributed by atoms with Crippen LogP contribution in [0.25, 0.3) is 10.4 Å². The highest BCUT2D eigenvalue weighted by Crippen LogP contribution is 2.46. The number of benzene rings is 2. The van der Waals surface area contributed by atoms with Gasteiger partial charge in [-0.2, -0.15) is 0 Å². The van der Waals surface area contributed by atoms with Crippen molar-refractivity contribution in [3.8, 4) is 27.7 Å². The van der Waals surface area contributed by atoms with Crippen LogP contribution in [0.2, 0.25) is 5.02 Å². The SMILES string of the molecule is COc1ccccc1NC(=O)N1CCC(COc2cccc(-c3sc(C(=O)O)c(OCC(=O)O)c3Cl)c2)CC1. The number of amides is 2. The third kappa shape index (κ3) is 6.92. The zero-order valence-corrected chi connectivity index (χ0v) is 22.6. The Morgan fingerprint density at radius 3 is 2.51 bits per heavy atom. The molecule has 0 unspecified atom stereocenters. The predicted molar refractivity (Wildman–Crippen MR) is 147 cm³/mol. The third-order valence-corrected chi connectivity index (χ3v) is 7.86. The maximum absolute atomic E-state index is 12.7. The molecule has 1 aromatic heterocycles. The number of carbonyl (C=O) groups is 3. The van der Waals surface area contributed by atoms with E-state index < -0.39 is 18.5 Å². The quantitative estimate of drug-likeness (QED) is 0.286. The minimum atomic E-state index is -1.26. The van der Waals surface area contributed by atoms with E-state index in [1.165, 1.54) is 0 Å². The Labute approximate surface area is 233 Å². The lowest BCUT2D eigenvalue weighted by atomic mass is 9.98. The van der Waals surface area contributed by atoms with Crippen LogP contribution < -0.4 is 19.5 Å². The van der Waals surface area contributed by atoms with Gasteiger partial charge in [-0.3, -0.25) is 0 Å². The van der Waals surface area contributed by atoms with Crippen LogP contribution in [0, 0.1) is 5.92 Å². The van der Waals surface area contributed by atoms with Crippen LogP contribution in [0.4, 0.5) is 10.5 Å². The van der Waals surface area contributed by atoms with Crippen molar-refractivity contribution in [3.05, 3.63) is 58.4 Å². The first-order valence-electron chi connectivity index (χ1n) is 12.1. The Morgan fingerprint density at radius 1 is 1.08 bits per heavy atom. The summed E-state index contributed by atoms with van der Waals surface area (Å²) in [7, 11) is 1.56. The van der Waals surface area contributed by atoms with Crippen LogP contribution in [-0.4, -0.2) is 66.5 Å². The van der Waals surface area contributed by atoms with Crippen molar-refractivity contribution >= 4 is 46.6 Å². The van der Waals surface area contributed by atoms with Gasteiger partial charge >= 0.3 is 18.0 Å². The van der Waals surface area contributed by atoms with Gasteiger partial charge in [0, 0.05) is 13.1 Å². The number of carbonyl (C=O) groups excluding carboxylic acids is 1. The summed E-state index contributed by atoms with van der Waals surface area (Å²) >= 11 is 7.30. The smallest absolute Gasteiger partial charge is 0.349 e. The zero-order chi connectivity index (χ0) is 27.9. The molecule has 1 aliphatic heterocycles. The number of carboxylic acid groups (broad SMARTS) is 2. The highest BCUT2D eigenvalue weighted by Gasteiger charge is 2.26. The molecule has 0 atom stereocenters. The fourth-order valence-electron chi connectivity index (χ4n) is 4.17. The molecule has 2 aromatic carbocycles.